The van der Waals surface area contributed by atoms with Gasteiger partial charge in [-0.25, -0.2) is 8.42 Å². The SMILES string of the molecule is Nc1ccc2c(c1)CN(S(=O)(=O)C1CC1)C2. The average molecular weight is 238 g/mol. The molecule has 3 rings (SSSR count). The lowest BCUT2D eigenvalue weighted by molar-refractivity contribution is 0.430. The molecule has 5 heteroatoms. The normalized spacial score (nSPS) is 21.0. The third-order valence-corrected chi connectivity index (χ3v) is 5.52. The van der Waals surface area contributed by atoms with Gasteiger partial charge in [0, 0.05) is 18.8 Å². The van der Waals surface area contributed by atoms with Crippen LogP contribution in [0, 0.1) is 0 Å². The molecule has 0 radical (unpaired) electrons. The molecule has 16 heavy (non-hydrogen) atoms. The fourth-order valence-corrected chi connectivity index (χ4v) is 3.93. The topological polar surface area (TPSA) is 63.4 Å². The number of sulfonamides is 1. The number of nitrogens with zero attached hydrogens (tertiary/aromatic N) is 1. The molecular weight excluding hydrogens is 224 g/mol. The second kappa shape index (κ2) is 3.21. The van der Waals surface area contributed by atoms with Crippen molar-refractivity contribution in [3.05, 3.63) is 29.3 Å². The van der Waals surface area contributed by atoms with E-state index in [0.29, 0.717) is 18.8 Å². The highest BCUT2D eigenvalue weighted by Gasteiger charge is 2.41. The average Bonchev–Trinajstić information content (AvgIpc) is 2.99. The molecule has 1 saturated carbocycles. The van der Waals surface area contributed by atoms with Gasteiger partial charge in [-0.05, 0) is 36.1 Å². The first-order valence-corrected chi connectivity index (χ1v) is 6.94. The molecule has 1 aliphatic carbocycles. The van der Waals surface area contributed by atoms with E-state index in [2.05, 4.69) is 0 Å². The van der Waals surface area contributed by atoms with E-state index >= 15 is 0 Å². The zero-order valence-corrected chi connectivity index (χ0v) is 9.70. The quantitative estimate of drug-likeness (QED) is 0.784. The van der Waals surface area contributed by atoms with Crippen LogP contribution in [0.1, 0.15) is 24.0 Å². The van der Waals surface area contributed by atoms with Gasteiger partial charge in [-0.15, -0.1) is 0 Å². The minimum absolute atomic E-state index is 0.126. The Kier molecular flexibility index (Phi) is 2.03. The molecule has 0 saturated heterocycles. The second-order valence-electron chi connectivity index (χ2n) is 4.54. The standard InChI is InChI=1S/C11H14N2O2S/c12-10-2-1-8-6-13(7-9(8)5-10)16(14,15)11-3-4-11/h1-2,5,11H,3-4,6-7,12H2. The van der Waals surface area contributed by atoms with Crippen molar-refractivity contribution < 1.29 is 8.42 Å². The molecule has 0 bridgehead atoms. The van der Waals surface area contributed by atoms with E-state index in [1.807, 2.05) is 18.2 Å². The molecule has 1 aromatic rings. The lowest BCUT2D eigenvalue weighted by Gasteiger charge is -2.14. The maximum absolute atomic E-state index is 12.0. The van der Waals surface area contributed by atoms with Crippen molar-refractivity contribution in [2.24, 2.45) is 0 Å². The first-order chi connectivity index (χ1) is 7.57. The van der Waals surface area contributed by atoms with E-state index in [1.54, 1.807) is 4.31 Å². The minimum Gasteiger partial charge on any atom is -0.399 e. The van der Waals surface area contributed by atoms with Gasteiger partial charge in [0.15, 0.2) is 0 Å². The van der Waals surface area contributed by atoms with Gasteiger partial charge in [-0.3, -0.25) is 0 Å². The Bertz CT molecular complexity index is 535. The smallest absolute Gasteiger partial charge is 0.217 e. The molecule has 0 aromatic heterocycles. The molecule has 1 aromatic carbocycles. The summed E-state index contributed by atoms with van der Waals surface area (Å²) in [5, 5.41) is -0.126. The predicted molar refractivity (Wildman–Crippen MR) is 62.0 cm³/mol. The summed E-state index contributed by atoms with van der Waals surface area (Å²) in [4.78, 5) is 0. The van der Waals surface area contributed by atoms with Gasteiger partial charge in [0.2, 0.25) is 10.0 Å². The summed E-state index contributed by atoms with van der Waals surface area (Å²) in [5.74, 6) is 0. The highest BCUT2D eigenvalue weighted by atomic mass is 32.2. The number of benzene rings is 1. The van der Waals surface area contributed by atoms with E-state index in [1.165, 1.54) is 0 Å². The molecule has 0 spiro atoms. The third-order valence-electron chi connectivity index (χ3n) is 3.23. The number of anilines is 1. The van der Waals surface area contributed by atoms with Crippen LogP contribution in [0.25, 0.3) is 0 Å². The van der Waals surface area contributed by atoms with Crippen LogP contribution < -0.4 is 5.73 Å². The molecular formula is C11H14N2O2S. The molecule has 0 amide bonds. The molecule has 4 nitrogen and oxygen atoms in total. The van der Waals surface area contributed by atoms with Crippen LogP contribution in [0.15, 0.2) is 18.2 Å². The van der Waals surface area contributed by atoms with Crippen molar-refractivity contribution in [1.82, 2.24) is 4.31 Å². The fraction of sp³-hybridized carbons (Fsp3) is 0.455. The molecule has 0 unspecified atom stereocenters. The van der Waals surface area contributed by atoms with Gasteiger partial charge < -0.3 is 5.73 Å². The Morgan fingerprint density at radius 1 is 1.19 bits per heavy atom. The van der Waals surface area contributed by atoms with E-state index in [9.17, 15) is 8.42 Å². The van der Waals surface area contributed by atoms with Crippen LogP contribution in [0.5, 0.6) is 0 Å². The summed E-state index contributed by atoms with van der Waals surface area (Å²) in [5.41, 5.74) is 8.52. The zero-order chi connectivity index (χ0) is 11.3. The Balaban J connectivity index is 1.90. The highest BCUT2D eigenvalue weighted by Crippen LogP contribution is 2.35. The van der Waals surface area contributed by atoms with Crippen molar-refractivity contribution in [2.75, 3.05) is 5.73 Å². The summed E-state index contributed by atoms with van der Waals surface area (Å²) < 4.78 is 25.7. The molecule has 1 aliphatic heterocycles. The number of hydrogen-bond donors (Lipinski definition) is 1. The Hall–Kier alpha value is -1.07. The van der Waals surface area contributed by atoms with Crippen molar-refractivity contribution >= 4 is 15.7 Å². The molecule has 1 heterocycles. The fourth-order valence-electron chi connectivity index (χ4n) is 2.14. The summed E-state index contributed by atoms with van der Waals surface area (Å²) in [7, 11) is -3.05. The maximum atomic E-state index is 12.0. The van der Waals surface area contributed by atoms with Gasteiger partial charge >= 0.3 is 0 Å². The second-order valence-corrected chi connectivity index (χ2v) is 6.75. The van der Waals surface area contributed by atoms with Crippen LogP contribution >= 0.6 is 0 Å². The van der Waals surface area contributed by atoms with E-state index in [-0.39, 0.29) is 5.25 Å². The number of rotatable bonds is 2. The summed E-state index contributed by atoms with van der Waals surface area (Å²) in [6.45, 7) is 0.994. The van der Waals surface area contributed by atoms with E-state index < -0.39 is 10.0 Å². The van der Waals surface area contributed by atoms with Crippen molar-refractivity contribution in [2.45, 2.75) is 31.2 Å². The van der Waals surface area contributed by atoms with Crippen molar-refractivity contribution in [3.63, 3.8) is 0 Å². The number of fused-ring (bicyclic) bond motifs is 1. The molecule has 2 aliphatic rings. The van der Waals surface area contributed by atoms with Crippen molar-refractivity contribution in [1.29, 1.82) is 0 Å². The number of nitrogens with two attached hydrogens (primary N) is 1. The monoisotopic (exact) mass is 238 g/mol. The number of nitrogen functional groups attached to an aromatic ring is 1. The van der Waals surface area contributed by atoms with E-state index in [4.69, 9.17) is 5.73 Å². The minimum atomic E-state index is -3.05. The largest absolute Gasteiger partial charge is 0.399 e. The molecule has 86 valence electrons. The first kappa shape index (κ1) is 10.1. The summed E-state index contributed by atoms with van der Waals surface area (Å²) >= 11 is 0. The van der Waals surface area contributed by atoms with Gasteiger partial charge in [-0.1, -0.05) is 6.07 Å². The first-order valence-electron chi connectivity index (χ1n) is 5.43. The van der Waals surface area contributed by atoms with Crippen LogP contribution in [-0.4, -0.2) is 18.0 Å². The van der Waals surface area contributed by atoms with Gasteiger partial charge in [-0.2, -0.15) is 4.31 Å². The lowest BCUT2D eigenvalue weighted by atomic mass is 10.1. The summed E-state index contributed by atoms with van der Waals surface area (Å²) in [6, 6.07) is 5.62. The maximum Gasteiger partial charge on any atom is 0.217 e. The van der Waals surface area contributed by atoms with Crippen LogP contribution in [0.4, 0.5) is 5.69 Å². The highest BCUT2D eigenvalue weighted by molar-refractivity contribution is 7.90. The lowest BCUT2D eigenvalue weighted by Crippen LogP contribution is -2.28. The Morgan fingerprint density at radius 3 is 2.56 bits per heavy atom. The number of hydrogen-bond acceptors (Lipinski definition) is 3. The van der Waals surface area contributed by atoms with Gasteiger partial charge in [0.25, 0.3) is 0 Å². The van der Waals surface area contributed by atoms with Crippen LogP contribution in [0.2, 0.25) is 0 Å². The Labute approximate surface area is 95.1 Å². The third kappa shape index (κ3) is 1.51. The van der Waals surface area contributed by atoms with E-state index in [0.717, 1.165) is 24.0 Å². The van der Waals surface area contributed by atoms with Crippen molar-refractivity contribution in [3.8, 4) is 0 Å². The molecule has 0 atom stereocenters. The summed E-state index contributed by atoms with van der Waals surface area (Å²) in [6.07, 6.45) is 1.63. The Morgan fingerprint density at radius 2 is 1.88 bits per heavy atom. The van der Waals surface area contributed by atoms with Gasteiger partial charge in [0.1, 0.15) is 0 Å². The zero-order valence-electron chi connectivity index (χ0n) is 8.89. The molecule has 1 fully saturated rings. The van der Waals surface area contributed by atoms with Gasteiger partial charge in [0.05, 0.1) is 5.25 Å². The molecule has 2 N–H and O–H groups in total. The predicted octanol–water partition coefficient (Wildman–Crippen LogP) is 1.08. The van der Waals surface area contributed by atoms with Crippen LogP contribution in [-0.2, 0) is 23.1 Å². The van der Waals surface area contributed by atoms with Crippen LogP contribution in [0.3, 0.4) is 0 Å².